The number of carbonyl (C=O) groups excluding carboxylic acids is 3. The molecule has 0 spiro atoms. The smallest absolute Gasteiger partial charge is 0.407 e. The number of ether oxygens (including phenoxy) is 10. The molecule has 30 heteroatoms. The number of carboxylic acids is 1. The van der Waals surface area contributed by atoms with Gasteiger partial charge in [0.1, 0.15) is 103 Å². The molecule has 4 fully saturated rings. The van der Waals surface area contributed by atoms with Crippen LogP contribution in [-0.4, -0.2) is 258 Å². The molecule has 4 saturated heterocycles. The molecule has 2 amide bonds. The number of amides is 2. The molecule has 5 rings (SSSR count). The van der Waals surface area contributed by atoms with Crippen molar-refractivity contribution in [2.45, 2.75) is 187 Å². The van der Waals surface area contributed by atoms with Gasteiger partial charge in [0, 0.05) is 32.4 Å². The van der Waals surface area contributed by atoms with E-state index in [9.17, 15) is 90.7 Å². The quantitative estimate of drug-likeness (QED) is 0.0304. The average molecular weight is 1100 g/mol. The van der Waals surface area contributed by atoms with E-state index in [4.69, 9.17) is 42.6 Å². The molecule has 4 aliphatic rings. The van der Waals surface area contributed by atoms with Gasteiger partial charge < -0.3 is 129 Å². The Morgan fingerprint density at radius 3 is 1.99 bits per heavy atom. The lowest BCUT2D eigenvalue weighted by Crippen LogP contribution is -2.71. The Labute approximate surface area is 434 Å². The zero-order valence-corrected chi connectivity index (χ0v) is 41.6. The maximum atomic E-state index is 13.8. The van der Waals surface area contributed by atoms with Gasteiger partial charge in [0.15, 0.2) is 18.9 Å². The third kappa shape index (κ3) is 16.2. The van der Waals surface area contributed by atoms with Gasteiger partial charge in [0.2, 0.25) is 5.91 Å². The standard InChI is InChI=1S/C46H72N2O28/c1-20(52)47-30-24(55)14-46(44(64)65,75-38(30)33(60)25(56)15-49)76-40-34(61)27(16-50)71-43(36(40)63)74-39-31(48-45(66)70-18-21-11-22(53)13-23(54)12-21)41(68-10-8-6-4-3-5-7-9-29(58)67-2)72-28(17-51)37(39)73-42-35(62)32(59)26(57)19-69-42/h11-13,24-28,30-43,49-51,53-57,59-63H,3-10,14-19H2,1-2H3,(H,47,52)(H,48,66)(H,64,65)/t24?,25?,26-,27?,28?,30-,31?,32?,33?,34-,35?,36?,37+,38?,39?,40?,41-,42?,43?,46+/m1/s1. The molecule has 1 aromatic carbocycles. The minimum Gasteiger partial charge on any atom is -0.508 e. The Morgan fingerprint density at radius 2 is 1.37 bits per heavy atom. The van der Waals surface area contributed by atoms with E-state index in [1.807, 2.05) is 0 Å². The molecule has 0 aromatic heterocycles. The van der Waals surface area contributed by atoms with E-state index in [0.29, 0.717) is 25.7 Å². The molecule has 434 valence electrons. The van der Waals surface area contributed by atoms with E-state index in [2.05, 4.69) is 15.4 Å². The zero-order chi connectivity index (χ0) is 56.0. The highest BCUT2D eigenvalue weighted by molar-refractivity contribution is 5.76. The van der Waals surface area contributed by atoms with Gasteiger partial charge in [-0.3, -0.25) is 9.59 Å². The minimum absolute atomic E-state index is 0.0955. The Kier molecular flexibility index (Phi) is 24.0. The summed E-state index contributed by atoms with van der Waals surface area (Å²) in [6.07, 6.45) is -32.1. The van der Waals surface area contributed by atoms with Gasteiger partial charge >= 0.3 is 18.0 Å². The number of methoxy groups -OCH3 is 1. The molecular weight excluding hydrogens is 1030 g/mol. The van der Waals surface area contributed by atoms with Gasteiger partial charge in [-0.1, -0.05) is 25.7 Å². The van der Waals surface area contributed by atoms with Gasteiger partial charge in [-0.2, -0.15) is 0 Å². The topological polar surface area (TPSA) is 468 Å². The second-order valence-electron chi connectivity index (χ2n) is 18.8. The Bertz CT molecular complexity index is 1990. The first-order valence-corrected chi connectivity index (χ1v) is 24.6. The molecule has 4 aliphatic heterocycles. The van der Waals surface area contributed by atoms with E-state index < -0.39 is 180 Å². The molecule has 20 atom stereocenters. The Hall–Kier alpha value is -4.26. The number of rotatable bonds is 26. The lowest BCUT2D eigenvalue weighted by Gasteiger charge is -2.51. The number of phenols is 2. The summed E-state index contributed by atoms with van der Waals surface area (Å²) in [5.74, 6) is -7.16. The van der Waals surface area contributed by atoms with Gasteiger partial charge in [0.25, 0.3) is 5.79 Å². The molecule has 14 unspecified atom stereocenters. The zero-order valence-electron chi connectivity index (χ0n) is 41.6. The normalized spacial score (nSPS) is 35.6. The number of unbranched alkanes of at least 4 members (excludes halogenated alkanes) is 5. The number of esters is 1. The van der Waals surface area contributed by atoms with Gasteiger partial charge in [0.05, 0.1) is 45.7 Å². The fourth-order valence-electron chi connectivity index (χ4n) is 9.10. The number of carbonyl (C=O) groups is 4. The summed E-state index contributed by atoms with van der Waals surface area (Å²) in [6.45, 7) is -3.47. The second-order valence-corrected chi connectivity index (χ2v) is 18.8. The van der Waals surface area contributed by atoms with Crippen LogP contribution in [0.1, 0.15) is 63.9 Å². The third-order valence-corrected chi connectivity index (χ3v) is 13.1. The molecule has 0 saturated carbocycles. The van der Waals surface area contributed by atoms with Gasteiger partial charge in [-0.15, -0.1) is 0 Å². The van der Waals surface area contributed by atoms with Crippen LogP contribution in [0, 0.1) is 0 Å². The lowest BCUT2D eigenvalue weighted by molar-refractivity contribution is -0.388. The lowest BCUT2D eigenvalue weighted by atomic mass is 9.88. The number of hydrogen-bond acceptors (Lipinski definition) is 27. The van der Waals surface area contributed by atoms with Gasteiger partial charge in [-0.05, 0) is 30.5 Å². The van der Waals surface area contributed by atoms with Crippen molar-refractivity contribution in [3.63, 3.8) is 0 Å². The van der Waals surface area contributed by atoms with Crippen LogP contribution in [-0.2, 0) is 68.4 Å². The van der Waals surface area contributed by atoms with Crippen LogP contribution in [0.25, 0.3) is 0 Å². The number of aliphatic hydroxyl groups excluding tert-OH is 11. The minimum atomic E-state index is -3.20. The van der Waals surface area contributed by atoms with Crippen LogP contribution in [0.5, 0.6) is 11.5 Å². The van der Waals surface area contributed by atoms with E-state index in [-0.39, 0.29) is 36.1 Å². The number of aliphatic carboxylic acids is 1. The average Bonchev–Trinajstić information content (AvgIpc) is 3.39. The maximum Gasteiger partial charge on any atom is 0.407 e. The van der Waals surface area contributed by atoms with E-state index >= 15 is 0 Å². The number of benzene rings is 1. The summed E-state index contributed by atoms with van der Waals surface area (Å²) in [7, 11) is 1.30. The van der Waals surface area contributed by atoms with Crippen LogP contribution in [0.4, 0.5) is 4.79 Å². The first kappa shape index (κ1) is 62.6. The molecule has 0 radical (unpaired) electrons. The van der Waals surface area contributed by atoms with Crippen molar-refractivity contribution in [3.8, 4) is 11.5 Å². The number of hydrogen-bond donors (Lipinski definition) is 16. The monoisotopic (exact) mass is 1100 g/mol. The highest BCUT2D eigenvalue weighted by Gasteiger charge is 2.61. The fourth-order valence-corrected chi connectivity index (χ4v) is 9.10. The van der Waals surface area contributed by atoms with Crippen LogP contribution >= 0.6 is 0 Å². The molecule has 0 aliphatic carbocycles. The predicted octanol–water partition coefficient (Wildman–Crippen LogP) is -5.49. The number of alkyl carbamates (subject to hydrolysis) is 1. The van der Waals surface area contributed by atoms with E-state index in [1.54, 1.807) is 0 Å². The summed E-state index contributed by atoms with van der Waals surface area (Å²) in [6, 6.07) is -0.0324. The summed E-state index contributed by atoms with van der Waals surface area (Å²) in [5.41, 5.74) is 0.104. The Morgan fingerprint density at radius 1 is 0.737 bits per heavy atom. The number of aliphatic hydroxyl groups is 11. The molecule has 1 aromatic rings. The summed E-state index contributed by atoms with van der Waals surface area (Å²) >= 11 is 0. The number of carboxylic acid groups (broad SMARTS) is 1. The molecule has 16 N–H and O–H groups in total. The molecule has 30 nitrogen and oxygen atoms in total. The number of phenolic OH excluding ortho intramolecular Hbond substituents is 2. The summed E-state index contributed by atoms with van der Waals surface area (Å²) in [5, 5.41) is 154. The number of aromatic hydroxyl groups is 2. The summed E-state index contributed by atoms with van der Waals surface area (Å²) < 4.78 is 57.6. The SMILES string of the molecule is COC(=O)CCCCCCCCO[C@@H]1OC(CO)[C@H](OC2OC[C@@H](O)C(O)C2O)C(OC2OC(CO)[C@@H](O)C(O[C@]3(C(=O)O)CC(O)[C@@H](NC(C)=O)C(C(O)C(O)CO)O3)C2O)C1NC(=O)OCc1cc(O)cc(O)c1. The van der Waals surface area contributed by atoms with Crippen molar-refractivity contribution in [1.29, 1.82) is 0 Å². The molecule has 4 heterocycles. The fraction of sp³-hybridized carbons (Fsp3) is 0.783. The largest absolute Gasteiger partial charge is 0.508 e. The van der Waals surface area contributed by atoms with E-state index in [1.165, 1.54) is 19.2 Å². The molecular formula is C46H72N2O28. The van der Waals surface area contributed by atoms with Crippen molar-refractivity contribution in [2.75, 3.05) is 40.1 Å². The van der Waals surface area contributed by atoms with Crippen LogP contribution in [0.3, 0.4) is 0 Å². The molecule has 76 heavy (non-hydrogen) atoms. The highest BCUT2D eigenvalue weighted by atomic mass is 16.8. The maximum absolute atomic E-state index is 13.8. The van der Waals surface area contributed by atoms with Crippen LogP contribution in [0.2, 0.25) is 0 Å². The van der Waals surface area contributed by atoms with Crippen molar-refractivity contribution in [1.82, 2.24) is 10.6 Å². The van der Waals surface area contributed by atoms with Crippen LogP contribution < -0.4 is 10.6 Å². The first-order valence-electron chi connectivity index (χ1n) is 24.6. The summed E-state index contributed by atoms with van der Waals surface area (Å²) in [4.78, 5) is 50.6. The Balaban J connectivity index is 1.51. The van der Waals surface area contributed by atoms with Gasteiger partial charge in [-0.25, -0.2) is 9.59 Å². The number of nitrogens with one attached hydrogen (secondary N) is 2. The van der Waals surface area contributed by atoms with Crippen molar-refractivity contribution in [3.05, 3.63) is 23.8 Å². The first-order chi connectivity index (χ1) is 36.1. The second kappa shape index (κ2) is 29.1. The van der Waals surface area contributed by atoms with Crippen molar-refractivity contribution >= 4 is 23.9 Å². The predicted molar refractivity (Wildman–Crippen MR) is 246 cm³/mol. The highest BCUT2D eigenvalue weighted by Crippen LogP contribution is 2.39. The van der Waals surface area contributed by atoms with Crippen molar-refractivity contribution < 1.29 is 138 Å². The third-order valence-electron chi connectivity index (χ3n) is 13.1. The van der Waals surface area contributed by atoms with Crippen molar-refractivity contribution in [2.24, 2.45) is 0 Å². The van der Waals surface area contributed by atoms with Crippen LogP contribution in [0.15, 0.2) is 18.2 Å². The molecule has 0 bridgehead atoms. The van der Waals surface area contributed by atoms with E-state index in [0.717, 1.165) is 25.8 Å².